The van der Waals surface area contributed by atoms with E-state index in [1.54, 1.807) is 13.0 Å². The van der Waals surface area contributed by atoms with Crippen molar-refractivity contribution >= 4 is 5.97 Å². The second-order valence-electron chi connectivity index (χ2n) is 3.46. The molecule has 0 aliphatic heterocycles. The molecular formula is C15H28O2. The molecule has 0 amide bonds. The molecule has 100 valence electrons. The Hall–Kier alpha value is -1.31. The molecule has 0 spiro atoms. The smallest absolute Gasteiger partial charge is 0.330 e. The molecule has 2 heteroatoms. The first kappa shape index (κ1) is 21.0. The lowest BCUT2D eigenvalue weighted by atomic mass is 10.2. The van der Waals surface area contributed by atoms with Gasteiger partial charge in [-0.3, -0.25) is 0 Å². The highest BCUT2D eigenvalue weighted by molar-refractivity contribution is 5.81. The second kappa shape index (κ2) is 14.7. The number of esters is 1. The van der Waals surface area contributed by atoms with Gasteiger partial charge in [0, 0.05) is 6.08 Å². The molecule has 0 atom stereocenters. The maximum Gasteiger partial charge on any atom is 0.330 e. The van der Waals surface area contributed by atoms with Gasteiger partial charge in [0.05, 0.1) is 0 Å². The monoisotopic (exact) mass is 240 g/mol. The number of allylic oxidation sites excluding steroid dienone is 4. The van der Waals surface area contributed by atoms with Gasteiger partial charge in [-0.1, -0.05) is 44.7 Å². The highest BCUT2D eigenvalue weighted by Crippen LogP contribution is 1.97. The first-order valence-electron chi connectivity index (χ1n) is 5.24. The van der Waals surface area contributed by atoms with E-state index in [0.717, 1.165) is 12.8 Å². The molecule has 0 fully saturated rings. The molecule has 0 aromatic carbocycles. The van der Waals surface area contributed by atoms with Gasteiger partial charge < -0.3 is 4.74 Å². The summed E-state index contributed by atoms with van der Waals surface area (Å²) in [6.07, 6.45) is 11.2. The lowest BCUT2D eigenvalue weighted by Gasteiger charge is -1.95. The van der Waals surface area contributed by atoms with Crippen molar-refractivity contribution < 1.29 is 9.53 Å². The fourth-order valence-corrected chi connectivity index (χ4v) is 0.969. The Morgan fingerprint density at radius 1 is 1.12 bits per heavy atom. The first-order valence-corrected chi connectivity index (χ1v) is 5.24. The zero-order chi connectivity index (χ0) is 11.5. The number of ether oxygens (including phenoxy) is 1. The van der Waals surface area contributed by atoms with Crippen molar-refractivity contribution in [3.63, 3.8) is 0 Å². The van der Waals surface area contributed by atoms with Gasteiger partial charge in [0.1, 0.15) is 6.61 Å². The summed E-state index contributed by atoms with van der Waals surface area (Å²) < 4.78 is 4.88. The summed E-state index contributed by atoms with van der Waals surface area (Å²) in [7, 11) is 0. The van der Waals surface area contributed by atoms with E-state index in [4.69, 9.17) is 4.74 Å². The van der Waals surface area contributed by atoms with Crippen LogP contribution in [-0.4, -0.2) is 12.6 Å². The minimum absolute atomic E-state index is 0. The van der Waals surface area contributed by atoms with E-state index in [1.165, 1.54) is 11.6 Å². The zero-order valence-corrected chi connectivity index (χ0v) is 9.82. The van der Waals surface area contributed by atoms with Crippen molar-refractivity contribution in [2.75, 3.05) is 6.61 Å². The fraction of sp³-hybridized carbons (Fsp3) is 0.533. The Morgan fingerprint density at radius 3 is 2.29 bits per heavy atom. The van der Waals surface area contributed by atoms with E-state index in [2.05, 4.69) is 19.9 Å². The average Bonchev–Trinajstić information content (AvgIpc) is 2.16. The molecule has 17 heavy (non-hydrogen) atoms. The Morgan fingerprint density at radius 2 is 1.76 bits per heavy atom. The van der Waals surface area contributed by atoms with Gasteiger partial charge in [-0.25, -0.2) is 4.79 Å². The van der Waals surface area contributed by atoms with Gasteiger partial charge >= 0.3 is 5.97 Å². The topological polar surface area (TPSA) is 26.3 Å². The van der Waals surface area contributed by atoms with Crippen LogP contribution in [-0.2, 0) is 9.53 Å². The number of carbonyl (C=O) groups excluding carboxylic acids is 1. The van der Waals surface area contributed by atoms with Crippen LogP contribution in [0.3, 0.4) is 0 Å². The highest BCUT2D eigenvalue weighted by Gasteiger charge is 1.90. The van der Waals surface area contributed by atoms with E-state index < -0.39 is 0 Å². The van der Waals surface area contributed by atoms with Crippen LogP contribution < -0.4 is 0 Å². The van der Waals surface area contributed by atoms with Crippen LogP contribution in [0.4, 0.5) is 0 Å². The van der Waals surface area contributed by atoms with E-state index in [-0.39, 0.29) is 20.8 Å². The number of hydrogen-bond acceptors (Lipinski definition) is 2. The molecule has 0 rings (SSSR count). The zero-order valence-electron chi connectivity index (χ0n) is 9.82. The van der Waals surface area contributed by atoms with Gasteiger partial charge in [-0.05, 0) is 33.6 Å². The normalized spacial score (nSPS) is 9.59. The predicted octanol–water partition coefficient (Wildman–Crippen LogP) is 4.68. The third kappa shape index (κ3) is 17.3. The maximum absolute atomic E-state index is 10.9. The minimum Gasteiger partial charge on any atom is -0.458 e. The predicted molar refractivity (Wildman–Crippen MR) is 77.0 cm³/mol. The summed E-state index contributed by atoms with van der Waals surface area (Å²) in [5, 5.41) is 0. The molecule has 0 N–H and O–H groups in total. The molecule has 0 saturated heterocycles. The van der Waals surface area contributed by atoms with Crippen molar-refractivity contribution in [2.45, 2.75) is 48.5 Å². The third-order valence-electron chi connectivity index (χ3n) is 1.68. The molecular weight excluding hydrogens is 212 g/mol. The van der Waals surface area contributed by atoms with Crippen LogP contribution >= 0.6 is 0 Å². The van der Waals surface area contributed by atoms with E-state index in [9.17, 15) is 4.79 Å². The molecule has 0 aliphatic carbocycles. The van der Waals surface area contributed by atoms with Crippen LogP contribution in [0.2, 0.25) is 0 Å². The fourth-order valence-electron chi connectivity index (χ4n) is 0.969. The number of rotatable bonds is 6. The van der Waals surface area contributed by atoms with Crippen molar-refractivity contribution in [3.05, 3.63) is 36.0 Å². The molecule has 0 radical (unpaired) electrons. The van der Waals surface area contributed by atoms with Gasteiger partial charge in [0.2, 0.25) is 0 Å². The van der Waals surface area contributed by atoms with Gasteiger partial charge in [-0.15, -0.1) is 0 Å². The Balaban J connectivity index is -0.000000980. The van der Waals surface area contributed by atoms with Crippen LogP contribution in [0, 0.1) is 0 Å². The SMILES string of the molecule is C.C.C/C=C/C(=O)OC/C=C/CCC=C(C)C. The lowest BCUT2D eigenvalue weighted by molar-refractivity contribution is -0.136. The average molecular weight is 240 g/mol. The quantitative estimate of drug-likeness (QED) is 0.291. The van der Waals surface area contributed by atoms with Crippen LogP contribution in [0.15, 0.2) is 36.0 Å². The minimum atomic E-state index is -0.286. The molecule has 0 unspecified atom stereocenters. The molecule has 0 aromatic heterocycles. The second-order valence-corrected chi connectivity index (χ2v) is 3.46. The third-order valence-corrected chi connectivity index (χ3v) is 1.68. The summed E-state index contributed by atoms with van der Waals surface area (Å²) in [6, 6.07) is 0. The van der Waals surface area contributed by atoms with Crippen molar-refractivity contribution in [2.24, 2.45) is 0 Å². The van der Waals surface area contributed by atoms with Crippen molar-refractivity contribution in [1.29, 1.82) is 0 Å². The summed E-state index contributed by atoms with van der Waals surface area (Å²) in [5.41, 5.74) is 1.34. The summed E-state index contributed by atoms with van der Waals surface area (Å²) in [5.74, 6) is -0.286. The first-order chi connectivity index (χ1) is 7.16. The molecule has 0 heterocycles. The number of carbonyl (C=O) groups is 1. The molecule has 2 nitrogen and oxygen atoms in total. The van der Waals surface area contributed by atoms with E-state index in [1.807, 2.05) is 12.2 Å². The summed E-state index contributed by atoms with van der Waals surface area (Å²) in [6.45, 7) is 6.32. The van der Waals surface area contributed by atoms with E-state index in [0.29, 0.717) is 6.61 Å². The molecule has 0 saturated carbocycles. The van der Waals surface area contributed by atoms with E-state index >= 15 is 0 Å². The van der Waals surface area contributed by atoms with Crippen molar-refractivity contribution in [3.8, 4) is 0 Å². The maximum atomic E-state index is 10.9. The Labute approximate surface area is 107 Å². The summed E-state index contributed by atoms with van der Waals surface area (Å²) in [4.78, 5) is 10.9. The van der Waals surface area contributed by atoms with Gasteiger partial charge in [0.25, 0.3) is 0 Å². The molecule has 0 aliphatic rings. The Bertz CT molecular complexity index is 256. The lowest BCUT2D eigenvalue weighted by Crippen LogP contribution is -1.99. The standard InChI is InChI=1S/C13H20O2.2CH4/c1-4-9-13(14)15-11-8-6-5-7-10-12(2)3;;/h4,6,8-10H,5,7,11H2,1-3H3;2*1H4/b8-6+,9-4+;;. The summed E-state index contributed by atoms with van der Waals surface area (Å²) >= 11 is 0. The van der Waals surface area contributed by atoms with Crippen LogP contribution in [0.1, 0.15) is 48.5 Å². The van der Waals surface area contributed by atoms with Crippen molar-refractivity contribution in [1.82, 2.24) is 0 Å². The highest BCUT2D eigenvalue weighted by atomic mass is 16.5. The molecule has 0 aromatic rings. The molecule has 0 bridgehead atoms. The van der Waals surface area contributed by atoms with Crippen LogP contribution in [0.5, 0.6) is 0 Å². The number of hydrogen-bond donors (Lipinski definition) is 0. The Kier molecular flexibility index (Phi) is 18.2. The number of unbranched alkanes of at least 4 members (excludes halogenated alkanes) is 1. The van der Waals surface area contributed by atoms with Crippen LogP contribution in [0.25, 0.3) is 0 Å². The van der Waals surface area contributed by atoms with Gasteiger partial charge in [-0.2, -0.15) is 0 Å². The largest absolute Gasteiger partial charge is 0.458 e. The van der Waals surface area contributed by atoms with Gasteiger partial charge in [0.15, 0.2) is 0 Å².